The Kier molecular flexibility index (Phi) is 11.7. The fourth-order valence-electron chi connectivity index (χ4n) is 5.51. The molecule has 0 saturated heterocycles. The van der Waals surface area contributed by atoms with E-state index in [1.54, 1.807) is 25.3 Å². The van der Waals surface area contributed by atoms with E-state index in [1.165, 1.54) is 0 Å². The number of carbonyl (C=O) groups is 1. The van der Waals surface area contributed by atoms with Gasteiger partial charge >= 0.3 is 0 Å². The van der Waals surface area contributed by atoms with E-state index in [4.69, 9.17) is 16.3 Å². The zero-order valence-corrected chi connectivity index (χ0v) is 26.9. The summed E-state index contributed by atoms with van der Waals surface area (Å²) in [5.74, 6) is 1.05. The number of anilines is 2. The minimum Gasteiger partial charge on any atom is -0.496 e. The summed E-state index contributed by atoms with van der Waals surface area (Å²) in [5.41, 5.74) is 1.27. The molecule has 3 aromatic rings. The maximum absolute atomic E-state index is 13.1. The first-order chi connectivity index (χ1) is 21.2. The van der Waals surface area contributed by atoms with Crippen molar-refractivity contribution in [2.45, 2.75) is 51.0 Å². The Hall–Kier alpha value is -3.52. The zero-order chi connectivity index (χ0) is 31.6. The lowest BCUT2D eigenvalue weighted by atomic mass is 9.68. The highest BCUT2D eigenvalue weighted by Gasteiger charge is 2.38. The van der Waals surface area contributed by atoms with Gasteiger partial charge < -0.3 is 20.3 Å². The summed E-state index contributed by atoms with van der Waals surface area (Å²) < 4.78 is 36.5. The van der Waals surface area contributed by atoms with Gasteiger partial charge in [-0.2, -0.15) is 28.1 Å². The van der Waals surface area contributed by atoms with Crippen LogP contribution in [-0.2, 0) is 15.6 Å². The van der Waals surface area contributed by atoms with Gasteiger partial charge in [0.25, 0.3) is 16.1 Å². The molecule has 0 atom stereocenters. The standard InChI is InChI=1S/C30H41ClN8O4S/c1-4-39(5-2)29-36-27(31)35-28(37-29)32-19-20-34-44(41,42)38-23-15-17-30(18-16-23,22-11-7-6-8-12-22)21-33-26(40)24-13-9-10-14-25(24)43-3/h6-14,23,34,38H,4-5,15-21H2,1-3H3,(H,33,40)(H,32,35,36,37). The molecule has 4 rings (SSSR count). The van der Waals surface area contributed by atoms with Crippen molar-refractivity contribution in [2.75, 3.05) is 50.1 Å². The molecule has 1 aliphatic rings. The highest BCUT2D eigenvalue weighted by Crippen LogP contribution is 2.39. The van der Waals surface area contributed by atoms with Gasteiger partial charge in [-0.25, -0.2) is 4.72 Å². The average Bonchev–Trinajstić information content (AvgIpc) is 3.03. The molecule has 1 fully saturated rings. The predicted molar refractivity (Wildman–Crippen MR) is 173 cm³/mol. The second-order valence-electron chi connectivity index (χ2n) is 10.6. The number of nitrogens with one attached hydrogen (secondary N) is 4. The van der Waals surface area contributed by atoms with Gasteiger partial charge in [0.15, 0.2) is 0 Å². The molecular weight excluding hydrogens is 604 g/mol. The van der Waals surface area contributed by atoms with Gasteiger partial charge in [0.05, 0.1) is 12.7 Å². The van der Waals surface area contributed by atoms with Gasteiger partial charge in [-0.15, -0.1) is 0 Å². The van der Waals surface area contributed by atoms with Crippen LogP contribution in [0, 0.1) is 0 Å². The van der Waals surface area contributed by atoms with Crippen LogP contribution in [0.5, 0.6) is 5.75 Å². The summed E-state index contributed by atoms with van der Waals surface area (Å²) >= 11 is 6.06. The number of halogens is 1. The number of aromatic nitrogens is 3. The third-order valence-corrected chi connectivity index (χ3v) is 9.33. The minimum absolute atomic E-state index is 0.0647. The van der Waals surface area contributed by atoms with Crippen LogP contribution in [-0.4, -0.2) is 75.2 Å². The van der Waals surface area contributed by atoms with Crippen LogP contribution < -0.4 is 29.7 Å². The minimum atomic E-state index is -3.76. The number of methoxy groups -OCH3 is 1. The fourth-order valence-corrected chi connectivity index (χ4v) is 6.80. The average molecular weight is 645 g/mol. The molecule has 1 aromatic heterocycles. The van der Waals surface area contributed by atoms with Gasteiger partial charge in [-0.1, -0.05) is 42.5 Å². The molecule has 2 aromatic carbocycles. The molecule has 44 heavy (non-hydrogen) atoms. The van der Waals surface area contributed by atoms with Crippen LogP contribution in [0.1, 0.15) is 55.5 Å². The van der Waals surface area contributed by atoms with Crippen LogP contribution in [0.3, 0.4) is 0 Å². The van der Waals surface area contributed by atoms with Crippen LogP contribution in [0.2, 0.25) is 5.28 Å². The molecule has 0 radical (unpaired) electrons. The third kappa shape index (κ3) is 8.78. The van der Waals surface area contributed by atoms with E-state index in [0.717, 1.165) is 5.56 Å². The molecule has 0 bridgehead atoms. The van der Waals surface area contributed by atoms with Gasteiger partial charge in [0, 0.05) is 44.2 Å². The van der Waals surface area contributed by atoms with Gasteiger partial charge in [-0.05, 0) is 68.8 Å². The largest absolute Gasteiger partial charge is 0.496 e. The molecule has 0 spiro atoms. The Morgan fingerprint density at radius 2 is 1.68 bits per heavy atom. The second-order valence-corrected chi connectivity index (χ2v) is 12.5. The van der Waals surface area contributed by atoms with E-state index in [9.17, 15) is 13.2 Å². The van der Waals surface area contributed by atoms with Crippen LogP contribution in [0.15, 0.2) is 54.6 Å². The summed E-state index contributed by atoms with van der Waals surface area (Å²) in [6, 6.07) is 17.0. The number of rotatable bonds is 15. The second kappa shape index (κ2) is 15.5. The van der Waals surface area contributed by atoms with Gasteiger partial charge in [0.2, 0.25) is 17.2 Å². The molecule has 238 valence electrons. The van der Waals surface area contributed by atoms with Crippen molar-refractivity contribution in [1.82, 2.24) is 29.7 Å². The lowest BCUT2D eigenvalue weighted by Crippen LogP contribution is -2.49. The Balaban J connectivity index is 1.31. The highest BCUT2D eigenvalue weighted by molar-refractivity contribution is 7.87. The van der Waals surface area contributed by atoms with Crippen molar-refractivity contribution in [3.05, 3.63) is 71.0 Å². The topological polar surface area (TPSA) is 150 Å². The quantitative estimate of drug-likeness (QED) is 0.182. The molecule has 0 unspecified atom stereocenters. The van der Waals surface area contributed by atoms with Crippen molar-refractivity contribution < 1.29 is 17.9 Å². The van der Waals surface area contributed by atoms with Crippen LogP contribution in [0.25, 0.3) is 0 Å². The Labute approximate surface area is 264 Å². The molecule has 1 heterocycles. The summed E-state index contributed by atoms with van der Waals surface area (Å²) in [6.07, 6.45) is 2.64. The predicted octanol–water partition coefficient (Wildman–Crippen LogP) is 3.53. The highest BCUT2D eigenvalue weighted by atomic mass is 35.5. The zero-order valence-electron chi connectivity index (χ0n) is 25.3. The summed E-state index contributed by atoms with van der Waals surface area (Å²) in [4.78, 5) is 27.6. The first kappa shape index (κ1) is 33.4. The van der Waals surface area contributed by atoms with Crippen LogP contribution in [0.4, 0.5) is 11.9 Å². The number of carbonyl (C=O) groups excluding carboxylic acids is 1. The maximum atomic E-state index is 13.1. The number of nitrogens with zero attached hydrogens (tertiary/aromatic N) is 4. The van der Waals surface area contributed by atoms with E-state index < -0.39 is 10.2 Å². The molecule has 0 aliphatic heterocycles. The van der Waals surface area contributed by atoms with E-state index in [2.05, 4.69) is 47.2 Å². The number of benzene rings is 2. The smallest absolute Gasteiger partial charge is 0.277 e. The van der Waals surface area contributed by atoms with Gasteiger partial charge in [-0.3, -0.25) is 4.79 Å². The lowest BCUT2D eigenvalue weighted by Gasteiger charge is -2.41. The number of ether oxygens (including phenoxy) is 1. The number of hydrogen-bond donors (Lipinski definition) is 4. The van der Waals surface area contributed by atoms with Crippen molar-refractivity contribution in [3.8, 4) is 5.75 Å². The third-order valence-electron chi connectivity index (χ3n) is 7.93. The molecule has 1 aliphatic carbocycles. The van der Waals surface area contributed by atoms with Crippen molar-refractivity contribution in [3.63, 3.8) is 0 Å². The van der Waals surface area contributed by atoms with E-state index >= 15 is 0 Å². The van der Waals surface area contributed by atoms with Crippen molar-refractivity contribution in [1.29, 1.82) is 0 Å². The molecule has 4 N–H and O–H groups in total. The Morgan fingerprint density at radius 3 is 2.36 bits per heavy atom. The molecule has 1 saturated carbocycles. The molecule has 14 heteroatoms. The SMILES string of the molecule is CCN(CC)c1nc(Cl)nc(NCCNS(=O)(=O)NC2CCC(CNC(=O)c3ccccc3OC)(c3ccccc3)CC2)n1. The summed E-state index contributed by atoms with van der Waals surface area (Å²) in [5, 5.41) is 6.18. The maximum Gasteiger partial charge on any atom is 0.277 e. The summed E-state index contributed by atoms with van der Waals surface area (Å²) in [7, 11) is -2.21. The molecule has 1 amide bonds. The van der Waals surface area contributed by atoms with Crippen molar-refractivity contribution in [2.24, 2.45) is 0 Å². The first-order valence-corrected chi connectivity index (χ1v) is 16.7. The van der Waals surface area contributed by atoms with E-state index in [-0.39, 0.29) is 41.7 Å². The van der Waals surface area contributed by atoms with Crippen LogP contribution >= 0.6 is 11.6 Å². The monoisotopic (exact) mass is 644 g/mol. The van der Waals surface area contributed by atoms with Crippen molar-refractivity contribution >= 4 is 39.6 Å². The number of hydrogen-bond acceptors (Lipinski definition) is 9. The van der Waals surface area contributed by atoms with E-state index in [1.807, 2.05) is 43.0 Å². The Morgan fingerprint density at radius 1 is 1.00 bits per heavy atom. The first-order valence-electron chi connectivity index (χ1n) is 14.8. The van der Waals surface area contributed by atoms with Gasteiger partial charge in [0.1, 0.15) is 5.75 Å². The summed E-state index contributed by atoms with van der Waals surface area (Å²) in [6.45, 7) is 6.22. The fraction of sp³-hybridized carbons (Fsp3) is 0.467. The molecule has 12 nitrogen and oxygen atoms in total. The van der Waals surface area contributed by atoms with E-state index in [0.29, 0.717) is 62.6 Å². The normalized spacial score (nSPS) is 18.4. The lowest BCUT2D eigenvalue weighted by molar-refractivity contribution is 0.0932. The number of amides is 1. The number of para-hydroxylation sites is 1. The molecular formula is C30H41ClN8O4S. The Bertz CT molecular complexity index is 1480.